The Kier molecular flexibility index (Phi) is 6.12. The molecule has 140 valence electrons. The van der Waals surface area contributed by atoms with E-state index in [-0.39, 0.29) is 24.1 Å². The third kappa shape index (κ3) is 4.67. The highest BCUT2D eigenvalue weighted by Crippen LogP contribution is 2.37. The molecular formula is C18H14Br2N2O5. The van der Waals surface area contributed by atoms with Gasteiger partial charge in [0, 0.05) is 5.56 Å². The minimum absolute atomic E-state index is 0.202. The highest BCUT2D eigenvalue weighted by atomic mass is 79.9. The van der Waals surface area contributed by atoms with Gasteiger partial charge < -0.3 is 19.1 Å². The van der Waals surface area contributed by atoms with Crippen molar-refractivity contribution in [2.75, 3.05) is 6.61 Å². The number of aromatic hydroxyl groups is 1. The zero-order valence-electron chi connectivity index (χ0n) is 14.1. The van der Waals surface area contributed by atoms with Crippen LogP contribution in [0.15, 0.2) is 49.9 Å². The molecule has 1 heterocycles. The van der Waals surface area contributed by atoms with Gasteiger partial charge in [-0.25, -0.2) is 4.79 Å². The molecule has 0 aliphatic heterocycles. The normalized spacial score (nSPS) is 10.6. The topological polar surface area (TPSA) is 94.7 Å². The first-order valence-electron chi connectivity index (χ1n) is 7.89. The Morgan fingerprint density at radius 2 is 1.85 bits per heavy atom. The number of rotatable bonds is 6. The average molecular weight is 498 g/mol. The van der Waals surface area contributed by atoms with Gasteiger partial charge >= 0.3 is 11.9 Å². The maximum absolute atomic E-state index is 11.6. The van der Waals surface area contributed by atoms with Crippen LogP contribution in [0.2, 0.25) is 0 Å². The van der Waals surface area contributed by atoms with Crippen molar-refractivity contribution >= 4 is 37.8 Å². The van der Waals surface area contributed by atoms with Crippen LogP contribution in [0.25, 0.3) is 11.4 Å². The van der Waals surface area contributed by atoms with E-state index in [1.807, 2.05) is 0 Å². The Morgan fingerprint density at radius 1 is 1.19 bits per heavy atom. The van der Waals surface area contributed by atoms with Crippen LogP contribution < -0.4 is 4.74 Å². The van der Waals surface area contributed by atoms with Gasteiger partial charge in [0.15, 0.2) is 0 Å². The van der Waals surface area contributed by atoms with Crippen LogP contribution in [-0.2, 0) is 11.3 Å². The molecule has 0 aliphatic rings. The number of carbonyl (C=O) groups excluding carboxylic acids is 1. The second kappa shape index (κ2) is 8.53. The second-order valence-corrected chi connectivity index (χ2v) is 7.08. The Bertz CT molecular complexity index is 934. The number of benzene rings is 2. The minimum atomic E-state index is -0.664. The molecule has 27 heavy (non-hydrogen) atoms. The molecular weight excluding hydrogens is 484 g/mol. The molecule has 0 aliphatic carbocycles. The first-order valence-corrected chi connectivity index (χ1v) is 9.47. The summed E-state index contributed by atoms with van der Waals surface area (Å²) in [4.78, 5) is 15.7. The Labute approximate surface area is 171 Å². The maximum Gasteiger partial charge on any atom is 0.397 e. The van der Waals surface area contributed by atoms with E-state index in [2.05, 4.69) is 42.0 Å². The Morgan fingerprint density at radius 3 is 2.48 bits per heavy atom. The fraction of sp³-hybridized carbons (Fsp3) is 0.167. The molecule has 0 bridgehead atoms. The standard InChI is InChI=1S/C18H14Br2N2O5/c1-2-25-18(24)17-21-16(22-27-17)11-7-13(19)15(14(20)8-11)26-9-10-3-5-12(23)6-4-10/h3-8,23H,2,9H2,1H3. The third-order valence-corrected chi connectivity index (χ3v) is 4.63. The Hall–Kier alpha value is -2.39. The molecule has 0 spiro atoms. The van der Waals surface area contributed by atoms with Gasteiger partial charge in [0.05, 0.1) is 15.6 Å². The van der Waals surface area contributed by atoms with Gasteiger partial charge in [-0.2, -0.15) is 4.98 Å². The minimum Gasteiger partial charge on any atom is -0.508 e. The number of esters is 1. The van der Waals surface area contributed by atoms with Gasteiger partial charge in [-0.15, -0.1) is 0 Å². The van der Waals surface area contributed by atoms with Crippen LogP contribution >= 0.6 is 31.9 Å². The number of halogens is 2. The highest BCUT2D eigenvalue weighted by Gasteiger charge is 2.19. The summed E-state index contributed by atoms with van der Waals surface area (Å²) in [5.74, 6) is 0.188. The average Bonchev–Trinajstić information content (AvgIpc) is 3.13. The summed E-state index contributed by atoms with van der Waals surface area (Å²) >= 11 is 6.94. The molecule has 2 aromatic carbocycles. The fourth-order valence-electron chi connectivity index (χ4n) is 2.19. The predicted octanol–water partition coefficient (Wildman–Crippen LogP) is 4.72. The summed E-state index contributed by atoms with van der Waals surface area (Å²) in [5, 5.41) is 13.1. The SMILES string of the molecule is CCOC(=O)c1nc(-c2cc(Br)c(OCc3ccc(O)cc3)c(Br)c2)no1. The summed E-state index contributed by atoms with van der Waals surface area (Å²) in [7, 11) is 0. The largest absolute Gasteiger partial charge is 0.508 e. The number of phenols is 1. The molecule has 0 radical (unpaired) electrons. The van der Waals surface area contributed by atoms with Crippen molar-refractivity contribution in [1.82, 2.24) is 10.1 Å². The quantitative estimate of drug-likeness (QED) is 0.492. The van der Waals surface area contributed by atoms with E-state index in [0.29, 0.717) is 26.9 Å². The first kappa shape index (κ1) is 19.4. The van der Waals surface area contributed by atoms with Crippen molar-refractivity contribution < 1.29 is 23.9 Å². The molecule has 0 unspecified atom stereocenters. The summed E-state index contributed by atoms with van der Waals surface area (Å²) in [5.41, 5.74) is 1.54. The molecule has 1 N–H and O–H groups in total. The van der Waals surface area contributed by atoms with Crippen LogP contribution in [0.4, 0.5) is 0 Å². The fourth-order valence-corrected chi connectivity index (χ4v) is 3.61. The molecule has 7 nitrogen and oxygen atoms in total. The zero-order valence-corrected chi connectivity index (χ0v) is 17.3. The van der Waals surface area contributed by atoms with Crippen molar-refractivity contribution in [3.05, 3.63) is 56.8 Å². The second-order valence-electron chi connectivity index (χ2n) is 5.37. The highest BCUT2D eigenvalue weighted by molar-refractivity contribution is 9.11. The van der Waals surface area contributed by atoms with E-state index in [9.17, 15) is 9.90 Å². The van der Waals surface area contributed by atoms with Crippen LogP contribution in [0.5, 0.6) is 11.5 Å². The van der Waals surface area contributed by atoms with Crippen LogP contribution in [0, 0.1) is 0 Å². The lowest BCUT2D eigenvalue weighted by molar-refractivity contribution is 0.0470. The lowest BCUT2D eigenvalue weighted by Crippen LogP contribution is -2.04. The van der Waals surface area contributed by atoms with Crippen LogP contribution in [0.1, 0.15) is 23.2 Å². The van der Waals surface area contributed by atoms with E-state index >= 15 is 0 Å². The molecule has 0 saturated heterocycles. The van der Waals surface area contributed by atoms with E-state index in [4.69, 9.17) is 14.0 Å². The zero-order chi connectivity index (χ0) is 19.4. The van der Waals surface area contributed by atoms with Crippen molar-refractivity contribution in [3.8, 4) is 22.9 Å². The third-order valence-electron chi connectivity index (χ3n) is 3.45. The predicted molar refractivity (Wildman–Crippen MR) is 104 cm³/mol. The molecule has 0 atom stereocenters. The monoisotopic (exact) mass is 496 g/mol. The number of ether oxygens (including phenoxy) is 2. The van der Waals surface area contributed by atoms with E-state index in [1.165, 1.54) is 0 Å². The maximum atomic E-state index is 11.6. The van der Waals surface area contributed by atoms with E-state index in [0.717, 1.165) is 5.56 Å². The van der Waals surface area contributed by atoms with E-state index < -0.39 is 5.97 Å². The molecule has 0 amide bonds. The molecule has 0 fully saturated rings. The summed E-state index contributed by atoms with van der Waals surface area (Å²) in [6.07, 6.45) is 0. The van der Waals surface area contributed by atoms with Crippen molar-refractivity contribution in [2.45, 2.75) is 13.5 Å². The number of nitrogens with zero attached hydrogens (tertiary/aromatic N) is 2. The summed E-state index contributed by atoms with van der Waals surface area (Å²) in [6.45, 7) is 2.24. The smallest absolute Gasteiger partial charge is 0.397 e. The van der Waals surface area contributed by atoms with Crippen molar-refractivity contribution in [1.29, 1.82) is 0 Å². The number of phenolic OH excluding ortho intramolecular Hbond substituents is 1. The van der Waals surface area contributed by atoms with Gasteiger partial charge in [-0.3, -0.25) is 0 Å². The number of hydrogen-bond acceptors (Lipinski definition) is 7. The molecule has 9 heteroatoms. The lowest BCUT2D eigenvalue weighted by Gasteiger charge is -2.11. The van der Waals surface area contributed by atoms with Gasteiger partial charge in [0.2, 0.25) is 5.82 Å². The van der Waals surface area contributed by atoms with Crippen LogP contribution in [0.3, 0.4) is 0 Å². The molecule has 3 aromatic rings. The van der Waals surface area contributed by atoms with Crippen LogP contribution in [-0.4, -0.2) is 27.8 Å². The molecule has 0 saturated carbocycles. The van der Waals surface area contributed by atoms with E-state index in [1.54, 1.807) is 43.3 Å². The summed E-state index contributed by atoms with van der Waals surface area (Å²) < 4.78 is 17.0. The number of hydrogen-bond donors (Lipinski definition) is 1. The van der Waals surface area contributed by atoms with Gasteiger partial charge in [0.25, 0.3) is 0 Å². The van der Waals surface area contributed by atoms with Gasteiger partial charge in [0.1, 0.15) is 18.1 Å². The summed E-state index contributed by atoms with van der Waals surface area (Å²) in [6, 6.07) is 10.3. The number of aromatic nitrogens is 2. The first-order chi connectivity index (χ1) is 13.0. The van der Waals surface area contributed by atoms with Gasteiger partial charge in [-0.1, -0.05) is 17.3 Å². The molecule has 1 aromatic heterocycles. The van der Waals surface area contributed by atoms with Gasteiger partial charge in [-0.05, 0) is 68.6 Å². The van der Waals surface area contributed by atoms with Crippen molar-refractivity contribution in [2.24, 2.45) is 0 Å². The van der Waals surface area contributed by atoms with Crippen molar-refractivity contribution in [3.63, 3.8) is 0 Å². The lowest BCUT2D eigenvalue weighted by atomic mass is 10.2. The number of carbonyl (C=O) groups is 1. The molecule has 3 rings (SSSR count). The Balaban J connectivity index is 1.78.